The van der Waals surface area contributed by atoms with Crippen molar-refractivity contribution in [2.45, 2.75) is 91.0 Å². The van der Waals surface area contributed by atoms with Crippen LogP contribution >= 0.6 is 11.8 Å². The Balaban J connectivity index is 3.44. The number of thioether (sulfide) groups is 1. The maximum Gasteiger partial charge on any atom is 0.408 e. The normalized spacial score (nSPS) is 13.9. The minimum Gasteiger partial charge on any atom is -0.508 e. The van der Waals surface area contributed by atoms with Crippen LogP contribution in [0.25, 0.3) is 0 Å². The molecule has 3 amide bonds. The predicted octanol–water partition coefficient (Wildman–Crippen LogP) is 4.62. The highest BCUT2D eigenvalue weighted by molar-refractivity contribution is 7.98. The predicted molar refractivity (Wildman–Crippen MR) is 142 cm³/mol. The first-order chi connectivity index (χ1) is 16.4. The molecule has 0 saturated heterocycles. The van der Waals surface area contributed by atoms with Gasteiger partial charge < -0.3 is 25.4 Å². The molecule has 0 bridgehead atoms. The lowest BCUT2D eigenvalue weighted by Crippen LogP contribution is -2.55. The van der Waals surface area contributed by atoms with Crippen LogP contribution in [0.4, 0.5) is 4.79 Å². The zero-order valence-electron chi connectivity index (χ0n) is 22.2. The first-order valence-corrected chi connectivity index (χ1v) is 13.7. The fourth-order valence-electron chi connectivity index (χ4n) is 3.54. The molecule has 3 atom stereocenters. The number of phenols is 1. The van der Waals surface area contributed by atoms with Gasteiger partial charge >= 0.3 is 6.09 Å². The van der Waals surface area contributed by atoms with Gasteiger partial charge in [0.2, 0.25) is 11.8 Å². The fraction of sp³-hybridized carbons (Fsp3) is 0.654. The van der Waals surface area contributed by atoms with Crippen LogP contribution in [0.5, 0.6) is 5.75 Å². The first-order valence-electron chi connectivity index (χ1n) is 12.3. The van der Waals surface area contributed by atoms with Crippen LogP contribution in [0.1, 0.15) is 78.8 Å². The standard InChI is InChI=1S/C26H43N3O5S/c1-8-10-15-27-23(31)22(19-12-11-13-20(30)17-19)29(18(3)9-2)24(32)21(14-16-35-7)28-25(33)34-26(4,5)6/h11-13,17-18,21-22,30H,8-10,14-16H2,1-7H3,(H,27,31)(H,28,33). The Labute approximate surface area is 214 Å². The smallest absolute Gasteiger partial charge is 0.408 e. The number of alkyl carbamates (subject to hydrolysis) is 1. The number of carbonyl (C=O) groups is 3. The number of unbranched alkanes of at least 4 members (excludes halogenated alkanes) is 1. The molecule has 0 aliphatic carbocycles. The Bertz CT molecular complexity index is 827. The average molecular weight is 510 g/mol. The molecule has 0 radical (unpaired) electrons. The lowest BCUT2D eigenvalue weighted by molar-refractivity contribution is -0.145. The Hall–Kier alpha value is -2.42. The fourth-order valence-corrected chi connectivity index (χ4v) is 4.01. The van der Waals surface area contributed by atoms with E-state index >= 15 is 0 Å². The molecule has 0 aliphatic rings. The second-order valence-electron chi connectivity index (χ2n) is 9.63. The number of carbonyl (C=O) groups excluding carboxylic acids is 3. The molecule has 3 unspecified atom stereocenters. The SMILES string of the molecule is CCCCNC(=O)C(c1cccc(O)c1)N(C(=O)C(CCSC)NC(=O)OC(C)(C)C)C(C)CC. The van der Waals surface area contributed by atoms with E-state index in [9.17, 15) is 19.5 Å². The number of ether oxygens (including phenoxy) is 1. The summed E-state index contributed by atoms with van der Waals surface area (Å²) in [5.41, 5.74) is -0.204. The number of phenolic OH excluding ortho intramolecular Hbond substituents is 1. The molecule has 1 rings (SSSR count). The monoisotopic (exact) mass is 509 g/mol. The number of nitrogens with one attached hydrogen (secondary N) is 2. The zero-order valence-corrected chi connectivity index (χ0v) is 23.0. The van der Waals surface area contributed by atoms with Gasteiger partial charge in [-0.05, 0) is 76.7 Å². The molecule has 0 heterocycles. The van der Waals surface area contributed by atoms with Crippen LogP contribution in [0.3, 0.4) is 0 Å². The van der Waals surface area contributed by atoms with Crippen LogP contribution in [0.15, 0.2) is 24.3 Å². The molecule has 35 heavy (non-hydrogen) atoms. The summed E-state index contributed by atoms with van der Waals surface area (Å²) >= 11 is 1.56. The van der Waals surface area contributed by atoms with Gasteiger partial charge in [0, 0.05) is 12.6 Å². The topological polar surface area (TPSA) is 108 Å². The molecule has 0 saturated carbocycles. The second-order valence-corrected chi connectivity index (χ2v) is 10.6. The van der Waals surface area contributed by atoms with Crippen molar-refractivity contribution in [1.82, 2.24) is 15.5 Å². The molecule has 9 heteroatoms. The summed E-state index contributed by atoms with van der Waals surface area (Å²) in [5.74, 6) is -0.0342. The Morgan fingerprint density at radius 1 is 1.20 bits per heavy atom. The van der Waals surface area contributed by atoms with E-state index in [0.29, 0.717) is 30.7 Å². The van der Waals surface area contributed by atoms with Gasteiger partial charge in [0.15, 0.2) is 0 Å². The molecule has 8 nitrogen and oxygen atoms in total. The Kier molecular flexibility index (Phi) is 13.0. The summed E-state index contributed by atoms with van der Waals surface area (Å²) in [5, 5.41) is 15.8. The van der Waals surface area contributed by atoms with E-state index < -0.39 is 23.8 Å². The number of hydrogen-bond acceptors (Lipinski definition) is 6. The molecule has 0 spiro atoms. The van der Waals surface area contributed by atoms with Gasteiger partial charge in [-0.25, -0.2) is 4.79 Å². The molecule has 0 aliphatic heterocycles. The third-order valence-electron chi connectivity index (χ3n) is 5.46. The van der Waals surface area contributed by atoms with E-state index in [1.807, 2.05) is 27.0 Å². The van der Waals surface area contributed by atoms with Crippen LogP contribution in [0, 0.1) is 0 Å². The number of benzene rings is 1. The average Bonchev–Trinajstić information content (AvgIpc) is 2.78. The molecule has 0 fully saturated rings. The lowest BCUT2D eigenvalue weighted by atomic mass is 9.99. The number of rotatable bonds is 13. The van der Waals surface area contributed by atoms with Crippen LogP contribution in [-0.2, 0) is 14.3 Å². The van der Waals surface area contributed by atoms with Crippen LogP contribution in [-0.4, -0.2) is 64.2 Å². The van der Waals surface area contributed by atoms with Gasteiger partial charge in [0.1, 0.15) is 23.4 Å². The minimum absolute atomic E-state index is 0.0104. The highest BCUT2D eigenvalue weighted by atomic mass is 32.2. The third-order valence-corrected chi connectivity index (χ3v) is 6.11. The van der Waals surface area contributed by atoms with Crippen LogP contribution in [0.2, 0.25) is 0 Å². The van der Waals surface area contributed by atoms with Crippen molar-refractivity contribution in [1.29, 1.82) is 0 Å². The van der Waals surface area contributed by atoms with E-state index in [4.69, 9.17) is 4.74 Å². The third kappa shape index (κ3) is 10.4. The Morgan fingerprint density at radius 3 is 2.43 bits per heavy atom. The van der Waals surface area contributed by atoms with Crippen LogP contribution < -0.4 is 10.6 Å². The molecule has 3 N–H and O–H groups in total. The largest absolute Gasteiger partial charge is 0.508 e. The number of nitrogens with zero attached hydrogens (tertiary/aromatic N) is 1. The number of amides is 3. The number of hydrogen-bond donors (Lipinski definition) is 3. The first kappa shape index (κ1) is 30.6. The van der Waals surface area contributed by atoms with Gasteiger partial charge in [-0.3, -0.25) is 9.59 Å². The van der Waals surface area contributed by atoms with Gasteiger partial charge in [-0.2, -0.15) is 11.8 Å². The molecule has 1 aromatic carbocycles. The van der Waals surface area contributed by atoms with Crippen molar-refractivity contribution in [3.8, 4) is 5.75 Å². The summed E-state index contributed by atoms with van der Waals surface area (Å²) in [6.45, 7) is 11.6. The summed E-state index contributed by atoms with van der Waals surface area (Å²) in [6.07, 6.45) is 3.97. The molecule has 1 aromatic rings. The highest BCUT2D eigenvalue weighted by Crippen LogP contribution is 2.28. The quantitative estimate of drug-likeness (QED) is 0.335. The summed E-state index contributed by atoms with van der Waals surface area (Å²) < 4.78 is 5.40. The second kappa shape index (κ2) is 14.9. The lowest BCUT2D eigenvalue weighted by Gasteiger charge is -2.38. The van der Waals surface area contributed by atoms with Gasteiger partial charge in [-0.1, -0.05) is 32.4 Å². The van der Waals surface area contributed by atoms with Gasteiger partial charge in [-0.15, -0.1) is 0 Å². The van der Waals surface area contributed by atoms with Crippen molar-refractivity contribution < 1.29 is 24.2 Å². The molecule has 0 aromatic heterocycles. The van der Waals surface area contributed by atoms with Gasteiger partial charge in [0.05, 0.1) is 0 Å². The maximum absolute atomic E-state index is 14.0. The molecule has 198 valence electrons. The zero-order chi connectivity index (χ0) is 26.6. The Morgan fingerprint density at radius 2 is 1.89 bits per heavy atom. The van der Waals surface area contributed by atoms with Crippen molar-refractivity contribution in [2.24, 2.45) is 0 Å². The van der Waals surface area contributed by atoms with Crippen molar-refractivity contribution in [2.75, 3.05) is 18.6 Å². The van der Waals surface area contributed by atoms with E-state index in [1.54, 1.807) is 49.6 Å². The van der Waals surface area contributed by atoms with E-state index in [0.717, 1.165) is 12.8 Å². The van der Waals surface area contributed by atoms with Gasteiger partial charge in [0.25, 0.3) is 0 Å². The van der Waals surface area contributed by atoms with Crippen molar-refractivity contribution >= 4 is 29.7 Å². The summed E-state index contributed by atoms with van der Waals surface area (Å²) in [4.78, 5) is 41.5. The highest BCUT2D eigenvalue weighted by Gasteiger charge is 2.38. The summed E-state index contributed by atoms with van der Waals surface area (Å²) in [6, 6.07) is 4.28. The van der Waals surface area contributed by atoms with E-state index in [-0.39, 0.29) is 23.6 Å². The van der Waals surface area contributed by atoms with Crippen molar-refractivity contribution in [3.05, 3.63) is 29.8 Å². The van der Waals surface area contributed by atoms with E-state index in [2.05, 4.69) is 10.6 Å². The number of aromatic hydroxyl groups is 1. The minimum atomic E-state index is -0.960. The summed E-state index contributed by atoms with van der Waals surface area (Å²) in [7, 11) is 0. The van der Waals surface area contributed by atoms with Crippen molar-refractivity contribution in [3.63, 3.8) is 0 Å². The molecular formula is C26H43N3O5S. The maximum atomic E-state index is 14.0. The molecular weight excluding hydrogens is 466 g/mol. The van der Waals surface area contributed by atoms with E-state index in [1.165, 1.54) is 12.1 Å².